The maximum Gasteiger partial charge on any atom is 0.534 e. The average molecular weight is 308 g/mol. The van der Waals surface area contributed by atoms with E-state index >= 15 is 0 Å². The van der Waals surface area contributed by atoms with E-state index in [4.69, 9.17) is 0 Å². The quantitative estimate of drug-likeness (QED) is 0.696. The van der Waals surface area contributed by atoms with Crippen LogP contribution >= 0.6 is 0 Å². The van der Waals surface area contributed by atoms with Crippen LogP contribution in [0.2, 0.25) is 0 Å². The lowest BCUT2D eigenvalue weighted by atomic mass is 10.2. The Bertz CT molecular complexity index is 722. The van der Waals surface area contributed by atoms with Crippen molar-refractivity contribution in [3.05, 3.63) is 23.9 Å². The molecular formula is C11H11F3N2O3S. The van der Waals surface area contributed by atoms with Crippen molar-refractivity contribution >= 4 is 21.2 Å². The van der Waals surface area contributed by atoms with Crippen LogP contribution in [0, 0.1) is 0 Å². The highest BCUT2D eigenvalue weighted by Crippen LogP contribution is 2.27. The van der Waals surface area contributed by atoms with E-state index in [-0.39, 0.29) is 0 Å². The maximum atomic E-state index is 12.2. The number of halogens is 3. The van der Waals surface area contributed by atoms with Gasteiger partial charge in [-0.25, -0.2) is 4.98 Å². The third-order valence-electron chi connectivity index (χ3n) is 2.57. The number of hydrogen-bond donors (Lipinski definition) is 1. The molecule has 0 aliphatic carbocycles. The maximum absolute atomic E-state index is 12.2. The minimum absolute atomic E-state index is 0.404. The van der Waals surface area contributed by atoms with Gasteiger partial charge in [-0.3, -0.25) is 0 Å². The van der Waals surface area contributed by atoms with E-state index in [9.17, 15) is 21.6 Å². The predicted octanol–water partition coefficient (Wildman–Crippen LogP) is 2.74. The number of aryl methyl sites for hydroxylation is 1. The molecule has 2 aromatic heterocycles. The Morgan fingerprint density at radius 3 is 2.65 bits per heavy atom. The third kappa shape index (κ3) is 2.72. The fourth-order valence-corrected chi connectivity index (χ4v) is 2.11. The monoisotopic (exact) mass is 308 g/mol. The first-order valence-electron chi connectivity index (χ1n) is 5.72. The summed E-state index contributed by atoms with van der Waals surface area (Å²) in [6.45, 7) is 1.94. The van der Waals surface area contributed by atoms with Crippen LogP contribution in [0.15, 0.2) is 18.3 Å². The summed E-state index contributed by atoms with van der Waals surface area (Å²) in [5.41, 5.74) is -3.68. The van der Waals surface area contributed by atoms with Gasteiger partial charge < -0.3 is 9.17 Å². The normalized spacial score (nSPS) is 12.8. The second kappa shape index (κ2) is 4.97. The molecule has 0 atom stereocenters. The zero-order valence-corrected chi connectivity index (χ0v) is 11.2. The standard InChI is InChI=1S/C11H11F3N2O3S/c1-2-3-7-6-15-8-4-5-9(16-10(7)8)19-20(17,18)11(12,13)14/h4-6,15H,2-3H2,1H3. The molecule has 0 saturated carbocycles. The highest BCUT2D eigenvalue weighted by Gasteiger charge is 2.48. The molecule has 0 spiro atoms. The smallest absolute Gasteiger partial charge is 0.360 e. The van der Waals surface area contributed by atoms with Gasteiger partial charge in [0.2, 0.25) is 5.88 Å². The summed E-state index contributed by atoms with van der Waals surface area (Å²) in [4.78, 5) is 6.72. The summed E-state index contributed by atoms with van der Waals surface area (Å²) >= 11 is 0. The molecule has 0 saturated heterocycles. The van der Waals surface area contributed by atoms with Crippen molar-refractivity contribution in [3.8, 4) is 5.88 Å². The van der Waals surface area contributed by atoms with E-state index in [2.05, 4.69) is 14.2 Å². The summed E-state index contributed by atoms with van der Waals surface area (Å²) in [6.07, 6.45) is 3.17. The van der Waals surface area contributed by atoms with Gasteiger partial charge in [0.15, 0.2) is 0 Å². The van der Waals surface area contributed by atoms with Crippen LogP contribution in [0.3, 0.4) is 0 Å². The Morgan fingerprint density at radius 2 is 2.05 bits per heavy atom. The van der Waals surface area contributed by atoms with Gasteiger partial charge in [0.05, 0.1) is 11.0 Å². The second-order valence-electron chi connectivity index (χ2n) is 4.09. The largest absolute Gasteiger partial charge is 0.534 e. The molecule has 1 N–H and O–H groups in total. The van der Waals surface area contributed by atoms with Gasteiger partial charge in [0.25, 0.3) is 0 Å². The van der Waals surface area contributed by atoms with E-state index in [1.165, 1.54) is 6.07 Å². The molecule has 0 fully saturated rings. The highest BCUT2D eigenvalue weighted by atomic mass is 32.2. The number of aromatic amines is 1. The molecule has 110 valence electrons. The van der Waals surface area contributed by atoms with E-state index in [1.807, 2.05) is 6.92 Å². The number of fused-ring (bicyclic) bond motifs is 1. The van der Waals surface area contributed by atoms with Crippen LogP contribution < -0.4 is 4.18 Å². The molecule has 2 aromatic rings. The molecule has 0 aromatic carbocycles. The zero-order valence-electron chi connectivity index (χ0n) is 10.4. The Kier molecular flexibility index (Phi) is 3.63. The predicted molar refractivity (Wildman–Crippen MR) is 65.7 cm³/mol. The number of pyridine rings is 1. The summed E-state index contributed by atoms with van der Waals surface area (Å²) in [5.74, 6) is -0.605. The van der Waals surface area contributed by atoms with Gasteiger partial charge in [-0.05, 0) is 18.1 Å². The fourth-order valence-electron chi connectivity index (χ4n) is 1.70. The zero-order chi connectivity index (χ0) is 15.0. The Morgan fingerprint density at radius 1 is 1.35 bits per heavy atom. The van der Waals surface area contributed by atoms with E-state index in [0.717, 1.165) is 18.1 Å². The topological polar surface area (TPSA) is 72.1 Å². The van der Waals surface area contributed by atoms with Gasteiger partial charge in [0.1, 0.15) is 0 Å². The molecule has 20 heavy (non-hydrogen) atoms. The molecule has 0 aliphatic heterocycles. The first kappa shape index (κ1) is 14.6. The highest BCUT2D eigenvalue weighted by molar-refractivity contribution is 7.87. The second-order valence-corrected chi connectivity index (χ2v) is 5.63. The van der Waals surface area contributed by atoms with Crippen LogP contribution in [0.4, 0.5) is 13.2 Å². The van der Waals surface area contributed by atoms with Crippen molar-refractivity contribution in [1.82, 2.24) is 9.97 Å². The number of alkyl halides is 3. The number of nitrogens with one attached hydrogen (secondary N) is 1. The van der Waals surface area contributed by atoms with E-state index in [0.29, 0.717) is 17.5 Å². The minimum atomic E-state index is -5.70. The van der Waals surface area contributed by atoms with Gasteiger partial charge in [-0.1, -0.05) is 13.3 Å². The summed E-state index contributed by atoms with van der Waals surface area (Å²) in [5, 5.41) is 0. The van der Waals surface area contributed by atoms with Gasteiger partial charge in [0, 0.05) is 12.3 Å². The van der Waals surface area contributed by atoms with Crippen LogP contribution in [-0.2, 0) is 16.5 Å². The first-order valence-corrected chi connectivity index (χ1v) is 7.13. The lowest BCUT2D eigenvalue weighted by molar-refractivity contribution is -0.0501. The average Bonchev–Trinajstić information content (AvgIpc) is 2.71. The Hall–Kier alpha value is -1.77. The minimum Gasteiger partial charge on any atom is -0.360 e. The van der Waals surface area contributed by atoms with Gasteiger partial charge in [-0.15, -0.1) is 0 Å². The molecule has 2 heterocycles. The number of hydrogen-bond acceptors (Lipinski definition) is 4. The SMILES string of the molecule is CCCc1c[nH]c2ccc(OS(=O)(=O)C(F)(F)F)nc12. The summed E-state index contributed by atoms with van der Waals surface area (Å²) in [7, 11) is -5.70. The molecule has 0 aliphatic rings. The van der Waals surface area contributed by atoms with E-state index < -0.39 is 21.5 Å². The van der Waals surface area contributed by atoms with Crippen LogP contribution in [0.25, 0.3) is 11.0 Å². The first-order chi connectivity index (χ1) is 9.24. The molecule has 0 radical (unpaired) electrons. The molecule has 0 bridgehead atoms. The van der Waals surface area contributed by atoms with E-state index in [1.54, 1.807) is 6.20 Å². The van der Waals surface area contributed by atoms with Crippen molar-refractivity contribution in [2.75, 3.05) is 0 Å². The Balaban J connectivity index is 2.39. The number of nitrogens with zero attached hydrogens (tertiary/aromatic N) is 1. The van der Waals surface area contributed by atoms with Crippen molar-refractivity contribution in [2.45, 2.75) is 25.3 Å². The van der Waals surface area contributed by atoms with Crippen LogP contribution in [0.1, 0.15) is 18.9 Å². The summed E-state index contributed by atoms with van der Waals surface area (Å²) in [6, 6.07) is 2.49. The van der Waals surface area contributed by atoms with Gasteiger partial charge in [-0.2, -0.15) is 21.6 Å². The van der Waals surface area contributed by atoms with Crippen molar-refractivity contribution in [1.29, 1.82) is 0 Å². The molecule has 5 nitrogen and oxygen atoms in total. The molecule has 9 heteroatoms. The van der Waals surface area contributed by atoms with Crippen molar-refractivity contribution in [2.24, 2.45) is 0 Å². The summed E-state index contributed by atoms with van der Waals surface area (Å²) < 4.78 is 62.5. The van der Waals surface area contributed by atoms with Crippen molar-refractivity contribution in [3.63, 3.8) is 0 Å². The number of H-pyrrole nitrogens is 1. The Labute approximate surface area is 112 Å². The van der Waals surface area contributed by atoms with Gasteiger partial charge >= 0.3 is 15.6 Å². The van der Waals surface area contributed by atoms with Crippen LogP contribution in [0.5, 0.6) is 5.88 Å². The number of rotatable bonds is 4. The van der Waals surface area contributed by atoms with Crippen molar-refractivity contribution < 1.29 is 25.8 Å². The van der Waals surface area contributed by atoms with Crippen LogP contribution in [-0.4, -0.2) is 23.9 Å². The number of aromatic nitrogens is 2. The molecule has 2 rings (SSSR count). The lowest BCUT2D eigenvalue weighted by Gasteiger charge is -2.08. The molecule has 0 unspecified atom stereocenters. The third-order valence-corrected chi connectivity index (χ3v) is 3.53. The fraction of sp³-hybridized carbons (Fsp3) is 0.364. The molecular weight excluding hydrogens is 297 g/mol. The molecule has 0 amide bonds. The lowest BCUT2D eigenvalue weighted by Crippen LogP contribution is -2.28.